The Kier molecular flexibility index (Phi) is 8.02. The SMILES string of the molecule is CC(C)(C)OC(=O)CO[C@H](c1ccccc1)[C@H](OC1CCCCO1)c1ccccc1. The highest BCUT2D eigenvalue weighted by Crippen LogP contribution is 2.37. The van der Waals surface area contributed by atoms with Crippen molar-refractivity contribution in [2.24, 2.45) is 0 Å². The van der Waals surface area contributed by atoms with Gasteiger partial charge >= 0.3 is 5.97 Å². The van der Waals surface area contributed by atoms with E-state index in [9.17, 15) is 4.79 Å². The van der Waals surface area contributed by atoms with Crippen LogP contribution >= 0.6 is 0 Å². The van der Waals surface area contributed by atoms with Gasteiger partial charge in [0.25, 0.3) is 0 Å². The summed E-state index contributed by atoms with van der Waals surface area (Å²) in [5.74, 6) is -0.399. The Hall–Kier alpha value is -2.21. The molecule has 0 aromatic heterocycles. The average molecular weight is 413 g/mol. The van der Waals surface area contributed by atoms with Gasteiger partial charge in [-0.3, -0.25) is 0 Å². The van der Waals surface area contributed by atoms with Crippen LogP contribution in [0.4, 0.5) is 0 Å². The van der Waals surface area contributed by atoms with Crippen LogP contribution < -0.4 is 0 Å². The first-order chi connectivity index (χ1) is 14.4. The van der Waals surface area contributed by atoms with Gasteiger partial charge in [-0.1, -0.05) is 60.7 Å². The van der Waals surface area contributed by atoms with Crippen LogP contribution in [0.5, 0.6) is 0 Å². The molecule has 1 saturated heterocycles. The van der Waals surface area contributed by atoms with Gasteiger partial charge in [-0.15, -0.1) is 0 Å². The van der Waals surface area contributed by atoms with E-state index < -0.39 is 23.8 Å². The second kappa shape index (κ2) is 10.7. The molecule has 1 unspecified atom stereocenters. The van der Waals surface area contributed by atoms with E-state index in [1.54, 1.807) is 0 Å². The van der Waals surface area contributed by atoms with Crippen LogP contribution in [0.3, 0.4) is 0 Å². The highest BCUT2D eigenvalue weighted by molar-refractivity contribution is 5.71. The first-order valence-electron chi connectivity index (χ1n) is 10.6. The summed E-state index contributed by atoms with van der Waals surface area (Å²) in [6.45, 7) is 6.07. The number of benzene rings is 2. The molecule has 30 heavy (non-hydrogen) atoms. The number of carbonyl (C=O) groups is 1. The molecule has 5 nitrogen and oxygen atoms in total. The van der Waals surface area contributed by atoms with Crippen molar-refractivity contribution in [3.63, 3.8) is 0 Å². The van der Waals surface area contributed by atoms with Gasteiger partial charge < -0.3 is 18.9 Å². The van der Waals surface area contributed by atoms with Gasteiger partial charge in [-0.25, -0.2) is 4.79 Å². The fourth-order valence-corrected chi connectivity index (χ4v) is 3.48. The van der Waals surface area contributed by atoms with Crippen molar-refractivity contribution in [1.29, 1.82) is 0 Å². The Morgan fingerprint density at radius 3 is 2.10 bits per heavy atom. The van der Waals surface area contributed by atoms with Crippen molar-refractivity contribution < 1.29 is 23.7 Å². The third kappa shape index (κ3) is 6.94. The molecule has 1 heterocycles. The Morgan fingerprint density at radius 1 is 0.967 bits per heavy atom. The molecule has 1 aliphatic rings. The van der Waals surface area contributed by atoms with E-state index >= 15 is 0 Å². The molecule has 3 rings (SSSR count). The maximum Gasteiger partial charge on any atom is 0.332 e. The second-order valence-electron chi connectivity index (χ2n) is 8.49. The number of esters is 1. The van der Waals surface area contributed by atoms with Crippen LogP contribution in [0.25, 0.3) is 0 Å². The molecule has 0 N–H and O–H groups in total. The van der Waals surface area contributed by atoms with Gasteiger partial charge in [-0.05, 0) is 51.2 Å². The Morgan fingerprint density at radius 2 is 1.57 bits per heavy atom. The lowest BCUT2D eigenvalue weighted by molar-refractivity contribution is -0.218. The largest absolute Gasteiger partial charge is 0.458 e. The highest BCUT2D eigenvalue weighted by atomic mass is 16.7. The predicted octanol–water partition coefficient (Wildman–Crippen LogP) is 5.37. The molecule has 5 heteroatoms. The molecule has 2 aromatic rings. The molecular formula is C25H32O5. The third-order valence-corrected chi connectivity index (χ3v) is 4.77. The minimum atomic E-state index is -0.562. The highest BCUT2D eigenvalue weighted by Gasteiger charge is 2.31. The number of hydrogen-bond acceptors (Lipinski definition) is 5. The zero-order chi connectivity index (χ0) is 21.4. The summed E-state index contributed by atoms with van der Waals surface area (Å²) in [5.41, 5.74) is 1.35. The summed E-state index contributed by atoms with van der Waals surface area (Å²) >= 11 is 0. The van der Waals surface area contributed by atoms with E-state index in [-0.39, 0.29) is 12.9 Å². The molecular weight excluding hydrogens is 380 g/mol. The first-order valence-corrected chi connectivity index (χ1v) is 10.6. The topological polar surface area (TPSA) is 54.0 Å². The second-order valence-corrected chi connectivity index (χ2v) is 8.49. The summed E-state index contributed by atoms with van der Waals surface area (Å²) in [4.78, 5) is 12.3. The molecule has 0 radical (unpaired) electrons. The lowest BCUT2D eigenvalue weighted by Crippen LogP contribution is -2.30. The fourth-order valence-electron chi connectivity index (χ4n) is 3.48. The zero-order valence-electron chi connectivity index (χ0n) is 18.1. The summed E-state index contributed by atoms with van der Waals surface area (Å²) in [5, 5.41) is 0. The standard InChI is InChI=1S/C25H32O5/c1-25(2,3)30-21(26)18-28-23(19-12-6-4-7-13-19)24(20-14-8-5-9-15-20)29-22-16-10-11-17-27-22/h4-9,12-15,22-24H,10-11,16-18H2,1-3H3/t22?,23-,24-/m1/s1. The minimum absolute atomic E-state index is 0.158. The molecule has 2 aromatic carbocycles. The molecule has 3 atom stereocenters. The molecule has 0 saturated carbocycles. The lowest BCUT2D eigenvalue weighted by atomic mass is 9.97. The van der Waals surface area contributed by atoms with E-state index in [2.05, 4.69) is 0 Å². The summed E-state index contributed by atoms with van der Waals surface area (Å²) in [6, 6.07) is 19.8. The Bertz CT molecular complexity index is 763. The first kappa shape index (κ1) is 22.5. The summed E-state index contributed by atoms with van der Waals surface area (Å²) < 4.78 is 23.8. The van der Waals surface area contributed by atoms with Crippen LogP contribution in [0.15, 0.2) is 60.7 Å². The van der Waals surface area contributed by atoms with Crippen molar-refractivity contribution in [3.05, 3.63) is 71.8 Å². The maximum absolute atomic E-state index is 12.3. The summed E-state index contributed by atoms with van der Waals surface area (Å²) in [7, 11) is 0. The number of ether oxygens (including phenoxy) is 4. The molecule has 1 aliphatic heterocycles. The normalized spacial score (nSPS) is 19.1. The average Bonchev–Trinajstić information content (AvgIpc) is 2.74. The molecule has 0 amide bonds. The monoisotopic (exact) mass is 412 g/mol. The van der Waals surface area contributed by atoms with E-state index in [0.717, 1.165) is 30.4 Å². The van der Waals surface area contributed by atoms with Gasteiger partial charge in [0.15, 0.2) is 6.29 Å². The number of hydrogen-bond donors (Lipinski definition) is 0. The van der Waals surface area contributed by atoms with E-state index in [4.69, 9.17) is 18.9 Å². The van der Waals surface area contributed by atoms with Gasteiger partial charge in [0.05, 0.1) is 0 Å². The van der Waals surface area contributed by atoms with Crippen molar-refractivity contribution >= 4 is 5.97 Å². The number of carbonyl (C=O) groups excluding carboxylic acids is 1. The van der Waals surface area contributed by atoms with E-state index in [1.807, 2.05) is 81.4 Å². The van der Waals surface area contributed by atoms with Crippen molar-refractivity contribution in [3.8, 4) is 0 Å². The number of rotatable bonds is 8. The van der Waals surface area contributed by atoms with Gasteiger partial charge in [0.2, 0.25) is 0 Å². The van der Waals surface area contributed by atoms with Gasteiger partial charge in [0.1, 0.15) is 24.4 Å². The molecule has 0 aliphatic carbocycles. The van der Waals surface area contributed by atoms with Crippen molar-refractivity contribution in [2.45, 2.75) is 64.1 Å². The fraction of sp³-hybridized carbons (Fsp3) is 0.480. The van der Waals surface area contributed by atoms with Gasteiger partial charge in [-0.2, -0.15) is 0 Å². The van der Waals surface area contributed by atoms with Crippen LogP contribution in [0.1, 0.15) is 63.4 Å². The summed E-state index contributed by atoms with van der Waals surface area (Å²) in [6.07, 6.45) is 1.77. The van der Waals surface area contributed by atoms with Crippen LogP contribution in [0, 0.1) is 0 Å². The maximum atomic E-state index is 12.3. The molecule has 0 bridgehead atoms. The molecule has 1 fully saturated rings. The molecule has 162 valence electrons. The van der Waals surface area contributed by atoms with Crippen LogP contribution in [-0.2, 0) is 23.7 Å². The minimum Gasteiger partial charge on any atom is -0.458 e. The zero-order valence-corrected chi connectivity index (χ0v) is 18.1. The molecule has 0 spiro atoms. The quantitative estimate of drug-likeness (QED) is 0.546. The predicted molar refractivity (Wildman–Crippen MR) is 115 cm³/mol. The van der Waals surface area contributed by atoms with E-state index in [1.165, 1.54) is 0 Å². The smallest absolute Gasteiger partial charge is 0.332 e. The van der Waals surface area contributed by atoms with Crippen LogP contribution in [0.2, 0.25) is 0 Å². The Labute approximate surface area is 179 Å². The van der Waals surface area contributed by atoms with Gasteiger partial charge in [0, 0.05) is 6.61 Å². The van der Waals surface area contributed by atoms with E-state index in [0.29, 0.717) is 6.61 Å². The van der Waals surface area contributed by atoms with Crippen molar-refractivity contribution in [1.82, 2.24) is 0 Å². The Balaban J connectivity index is 1.85. The van der Waals surface area contributed by atoms with Crippen LogP contribution in [-0.4, -0.2) is 31.1 Å². The van der Waals surface area contributed by atoms with Crippen molar-refractivity contribution in [2.75, 3.05) is 13.2 Å². The lowest BCUT2D eigenvalue weighted by Gasteiger charge is -2.33. The third-order valence-electron chi connectivity index (χ3n) is 4.77.